The normalized spacial score (nSPS) is 20.0. The minimum atomic E-state index is 0.0447. The zero-order valence-corrected chi connectivity index (χ0v) is 12.6. The Balaban J connectivity index is 1.62. The van der Waals surface area contributed by atoms with Gasteiger partial charge in [0, 0.05) is 18.3 Å². The number of likely N-dealkylation sites (tertiary alicyclic amines) is 1. The van der Waals surface area contributed by atoms with Gasteiger partial charge >= 0.3 is 0 Å². The summed E-state index contributed by atoms with van der Waals surface area (Å²) in [5.41, 5.74) is 9.61. The van der Waals surface area contributed by atoms with Crippen molar-refractivity contribution in [3.8, 4) is 0 Å². The van der Waals surface area contributed by atoms with Crippen LogP contribution in [0.1, 0.15) is 31.7 Å². The van der Waals surface area contributed by atoms with Crippen LogP contribution in [0.4, 0.5) is 17.1 Å². The Morgan fingerprint density at radius 2 is 2.10 bits per heavy atom. The number of nitrogens with one attached hydrogen (secondary N) is 2. The first-order chi connectivity index (χ1) is 10.1. The fourth-order valence-corrected chi connectivity index (χ4v) is 3.19. The van der Waals surface area contributed by atoms with Crippen LogP contribution in [0.15, 0.2) is 12.1 Å². The third-order valence-corrected chi connectivity index (χ3v) is 4.50. The number of nitrogens with two attached hydrogens (primary N) is 1. The highest BCUT2D eigenvalue weighted by molar-refractivity contribution is 6.00. The molecule has 2 aliphatic rings. The lowest BCUT2D eigenvalue weighted by Crippen LogP contribution is -2.41. The van der Waals surface area contributed by atoms with Gasteiger partial charge in [0.1, 0.15) is 0 Å². The number of fused-ring (bicyclic) bond motifs is 1. The fourth-order valence-electron chi connectivity index (χ4n) is 3.19. The zero-order valence-electron chi connectivity index (χ0n) is 12.6. The van der Waals surface area contributed by atoms with E-state index in [1.807, 2.05) is 12.1 Å². The SMILES string of the molecule is CC(CNc1cc2c(cc1N)CC(=O)N2)N1CCCCC1. The maximum atomic E-state index is 11.4. The Morgan fingerprint density at radius 3 is 2.86 bits per heavy atom. The van der Waals surface area contributed by atoms with Gasteiger partial charge in [-0.05, 0) is 50.6 Å². The van der Waals surface area contributed by atoms with Crippen LogP contribution in [0.25, 0.3) is 0 Å². The van der Waals surface area contributed by atoms with E-state index >= 15 is 0 Å². The minimum absolute atomic E-state index is 0.0447. The molecule has 0 bridgehead atoms. The molecule has 1 amide bonds. The Hall–Kier alpha value is -1.75. The number of anilines is 3. The molecular weight excluding hydrogens is 264 g/mol. The van der Waals surface area contributed by atoms with Gasteiger partial charge in [0.15, 0.2) is 0 Å². The topological polar surface area (TPSA) is 70.4 Å². The van der Waals surface area contributed by atoms with Crippen LogP contribution in [0.3, 0.4) is 0 Å². The Kier molecular flexibility index (Phi) is 4.01. The van der Waals surface area contributed by atoms with Crippen LogP contribution in [-0.4, -0.2) is 36.5 Å². The van der Waals surface area contributed by atoms with E-state index < -0.39 is 0 Å². The van der Waals surface area contributed by atoms with Crippen molar-refractivity contribution >= 4 is 23.0 Å². The Labute approximate surface area is 125 Å². The molecule has 1 aromatic carbocycles. The average Bonchev–Trinajstić information content (AvgIpc) is 2.84. The number of carbonyl (C=O) groups is 1. The molecule has 2 heterocycles. The van der Waals surface area contributed by atoms with Gasteiger partial charge in [0.25, 0.3) is 0 Å². The molecule has 1 aromatic rings. The van der Waals surface area contributed by atoms with Crippen LogP contribution >= 0.6 is 0 Å². The summed E-state index contributed by atoms with van der Waals surface area (Å²) in [5, 5.41) is 6.31. The number of hydrogen-bond acceptors (Lipinski definition) is 4. The Morgan fingerprint density at radius 1 is 1.33 bits per heavy atom. The Bertz CT molecular complexity index is 537. The summed E-state index contributed by atoms with van der Waals surface area (Å²) < 4.78 is 0. The number of nitrogen functional groups attached to an aromatic ring is 1. The predicted molar refractivity (Wildman–Crippen MR) is 86.6 cm³/mol. The number of hydrogen-bond donors (Lipinski definition) is 3. The third-order valence-electron chi connectivity index (χ3n) is 4.50. The van der Waals surface area contributed by atoms with Crippen LogP contribution in [0, 0.1) is 0 Å². The summed E-state index contributed by atoms with van der Waals surface area (Å²) in [6.45, 7) is 5.51. The molecule has 0 aromatic heterocycles. The van der Waals surface area contributed by atoms with Gasteiger partial charge in [-0.15, -0.1) is 0 Å². The zero-order chi connectivity index (χ0) is 14.8. The number of nitrogens with zero attached hydrogens (tertiary/aromatic N) is 1. The average molecular weight is 288 g/mol. The highest BCUT2D eigenvalue weighted by atomic mass is 16.1. The van der Waals surface area contributed by atoms with Crippen LogP contribution in [0.2, 0.25) is 0 Å². The molecular formula is C16H24N4O. The lowest BCUT2D eigenvalue weighted by molar-refractivity contribution is -0.115. The molecule has 1 unspecified atom stereocenters. The number of benzene rings is 1. The van der Waals surface area contributed by atoms with Crippen LogP contribution < -0.4 is 16.4 Å². The van der Waals surface area contributed by atoms with E-state index in [-0.39, 0.29) is 5.91 Å². The number of carbonyl (C=O) groups excluding carboxylic acids is 1. The summed E-state index contributed by atoms with van der Waals surface area (Å²) in [6.07, 6.45) is 4.40. The molecule has 0 spiro atoms. The maximum Gasteiger partial charge on any atom is 0.228 e. The second-order valence-corrected chi connectivity index (χ2v) is 6.15. The van der Waals surface area contributed by atoms with Crippen molar-refractivity contribution in [2.24, 2.45) is 0 Å². The van der Waals surface area contributed by atoms with Crippen molar-refractivity contribution in [2.45, 2.75) is 38.6 Å². The van der Waals surface area contributed by atoms with Gasteiger partial charge in [-0.2, -0.15) is 0 Å². The minimum Gasteiger partial charge on any atom is -0.397 e. The summed E-state index contributed by atoms with van der Waals surface area (Å²) in [5.74, 6) is 0.0447. The quantitative estimate of drug-likeness (QED) is 0.742. The summed E-state index contributed by atoms with van der Waals surface area (Å²) in [4.78, 5) is 13.9. The largest absolute Gasteiger partial charge is 0.397 e. The highest BCUT2D eigenvalue weighted by Crippen LogP contribution is 2.31. The molecule has 4 N–H and O–H groups in total. The van der Waals surface area contributed by atoms with E-state index in [1.54, 1.807) is 0 Å². The van der Waals surface area contributed by atoms with Gasteiger partial charge in [-0.3, -0.25) is 9.69 Å². The van der Waals surface area contributed by atoms with E-state index in [0.717, 1.165) is 29.2 Å². The number of amides is 1. The van der Waals surface area contributed by atoms with Crippen molar-refractivity contribution in [2.75, 3.05) is 36.0 Å². The second-order valence-electron chi connectivity index (χ2n) is 6.15. The molecule has 114 valence electrons. The van der Waals surface area contributed by atoms with Crippen molar-refractivity contribution in [3.63, 3.8) is 0 Å². The number of piperidine rings is 1. The van der Waals surface area contributed by atoms with Crippen LogP contribution in [-0.2, 0) is 11.2 Å². The molecule has 21 heavy (non-hydrogen) atoms. The van der Waals surface area contributed by atoms with E-state index in [4.69, 9.17) is 5.73 Å². The molecule has 0 aliphatic carbocycles. The molecule has 1 saturated heterocycles. The highest BCUT2D eigenvalue weighted by Gasteiger charge is 2.20. The molecule has 0 saturated carbocycles. The predicted octanol–water partition coefficient (Wildman–Crippen LogP) is 2.05. The third kappa shape index (κ3) is 3.13. The first-order valence-electron chi connectivity index (χ1n) is 7.83. The lowest BCUT2D eigenvalue weighted by Gasteiger charge is -2.32. The summed E-state index contributed by atoms with van der Waals surface area (Å²) >= 11 is 0. The van der Waals surface area contributed by atoms with E-state index in [0.29, 0.717) is 12.5 Å². The van der Waals surface area contributed by atoms with Crippen molar-refractivity contribution in [1.29, 1.82) is 0 Å². The van der Waals surface area contributed by atoms with Crippen molar-refractivity contribution in [3.05, 3.63) is 17.7 Å². The van der Waals surface area contributed by atoms with E-state index in [9.17, 15) is 4.79 Å². The molecule has 3 rings (SSSR count). The molecule has 1 fully saturated rings. The molecule has 0 radical (unpaired) electrons. The first-order valence-corrected chi connectivity index (χ1v) is 7.83. The maximum absolute atomic E-state index is 11.4. The summed E-state index contributed by atoms with van der Waals surface area (Å²) in [6, 6.07) is 4.35. The first kappa shape index (κ1) is 14.2. The van der Waals surface area contributed by atoms with Gasteiger partial charge in [-0.25, -0.2) is 0 Å². The van der Waals surface area contributed by atoms with Crippen molar-refractivity contribution in [1.82, 2.24) is 4.90 Å². The van der Waals surface area contributed by atoms with E-state index in [2.05, 4.69) is 22.5 Å². The van der Waals surface area contributed by atoms with E-state index in [1.165, 1.54) is 32.4 Å². The van der Waals surface area contributed by atoms with Gasteiger partial charge in [-0.1, -0.05) is 6.42 Å². The molecule has 5 nitrogen and oxygen atoms in total. The molecule has 1 atom stereocenters. The molecule has 2 aliphatic heterocycles. The second kappa shape index (κ2) is 5.93. The van der Waals surface area contributed by atoms with Gasteiger partial charge in [0.2, 0.25) is 5.91 Å². The van der Waals surface area contributed by atoms with Crippen molar-refractivity contribution < 1.29 is 4.79 Å². The smallest absolute Gasteiger partial charge is 0.228 e. The lowest BCUT2D eigenvalue weighted by atomic mass is 10.1. The van der Waals surface area contributed by atoms with Gasteiger partial charge < -0.3 is 16.4 Å². The molecule has 5 heteroatoms. The fraction of sp³-hybridized carbons (Fsp3) is 0.562. The number of rotatable bonds is 4. The van der Waals surface area contributed by atoms with Crippen LogP contribution in [0.5, 0.6) is 0 Å². The monoisotopic (exact) mass is 288 g/mol. The summed E-state index contributed by atoms with van der Waals surface area (Å²) in [7, 11) is 0. The standard InChI is InChI=1S/C16H24N4O/c1-11(20-5-3-2-4-6-20)10-18-15-9-14-12(7-13(15)17)8-16(21)19-14/h7,9,11,18H,2-6,8,10,17H2,1H3,(H,19,21). The van der Waals surface area contributed by atoms with Gasteiger partial charge in [0.05, 0.1) is 17.8 Å².